The molecule has 0 bridgehead atoms. The molecule has 0 aliphatic heterocycles. The van der Waals surface area contributed by atoms with Crippen LogP contribution in [0.4, 0.5) is 17.1 Å². The lowest BCUT2D eigenvalue weighted by atomic mass is 9.90. The number of hydrogen-bond acceptors (Lipinski definition) is 1. The highest BCUT2D eigenvalue weighted by atomic mass is 15.1. The number of hydrogen-bond donors (Lipinski definition) is 0. The minimum absolute atomic E-state index is 1.10. The van der Waals surface area contributed by atoms with E-state index >= 15 is 0 Å². The highest BCUT2D eigenvalue weighted by Crippen LogP contribution is 2.47. The number of fused-ring (bicyclic) bond motifs is 4. The van der Waals surface area contributed by atoms with E-state index in [4.69, 9.17) is 0 Å². The van der Waals surface area contributed by atoms with Gasteiger partial charge in [0.25, 0.3) is 0 Å². The molecule has 9 aromatic carbocycles. The maximum Gasteiger partial charge on any atom is 0.0547 e. The molecule has 0 aliphatic carbocycles. The minimum atomic E-state index is 1.10. The number of aromatic nitrogens is 1. The standard InChI is InChI=1S/C52H36N2/c1-4-18-37(19-5-1)43-29-16-20-38-21-17-30-47(52(38)43)45-28-12-15-33-50(45)53(40-22-6-2-7-23-40)48-31-13-10-26-42(48)39-34-35-46-44-27-11-14-32-49(44)54(51(46)36-39)41-24-8-3-9-25-41/h1-36H. The fourth-order valence-electron chi connectivity index (χ4n) is 8.21. The normalized spacial score (nSPS) is 11.3. The summed E-state index contributed by atoms with van der Waals surface area (Å²) in [7, 11) is 0. The molecule has 10 rings (SSSR count). The van der Waals surface area contributed by atoms with Crippen molar-refractivity contribution in [1.82, 2.24) is 4.57 Å². The molecule has 0 N–H and O–H groups in total. The van der Waals surface area contributed by atoms with E-state index in [1.165, 1.54) is 54.8 Å². The fourth-order valence-corrected chi connectivity index (χ4v) is 8.21. The first-order valence-corrected chi connectivity index (χ1v) is 18.5. The van der Waals surface area contributed by atoms with Crippen LogP contribution in [0.3, 0.4) is 0 Å². The molecule has 0 unspecified atom stereocenters. The second-order valence-corrected chi connectivity index (χ2v) is 13.7. The van der Waals surface area contributed by atoms with E-state index in [9.17, 15) is 0 Å². The third-order valence-electron chi connectivity index (χ3n) is 10.6. The Hall–Kier alpha value is -7.16. The Labute approximate surface area is 315 Å². The average Bonchev–Trinajstić information content (AvgIpc) is 3.58. The lowest BCUT2D eigenvalue weighted by molar-refractivity contribution is 1.18. The van der Waals surface area contributed by atoms with Crippen LogP contribution in [0, 0.1) is 0 Å². The van der Waals surface area contributed by atoms with Gasteiger partial charge in [-0.25, -0.2) is 0 Å². The highest BCUT2D eigenvalue weighted by molar-refractivity contribution is 6.11. The van der Waals surface area contributed by atoms with Crippen LogP contribution in [0.25, 0.3) is 71.6 Å². The van der Waals surface area contributed by atoms with Gasteiger partial charge in [0.05, 0.1) is 22.4 Å². The molecule has 254 valence electrons. The van der Waals surface area contributed by atoms with Gasteiger partial charge in [-0.3, -0.25) is 0 Å². The van der Waals surface area contributed by atoms with E-state index in [0.29, 0.717) is 0 Å². The predicted octanol–water partition coefficient (Wildman–Crippen LogP) is 14.4. The van der Waals surface area contributed by atoms with Crippen molar-refractivity contribution in [3.05, 3.63) is 218 Å². The molecule has 0 saturated heterocycles. The quantitative estimate of drug-likeness (QED) is 0.162. The zero-order valence-electron chi connectivity index (χ0n) is 29.7. The van der Waals surface area contributed by atoms with Crippen LogP contribution >= 0.6 is 0 Å². The second-order valence-electron chi connectivity index (χ2n) is 13.7. The first kappa shape index (κ1) is 31.6. The van der Waals surface area contributed by atoms with Gasteiger partial charge < -0.3 is 9.47 Å². The van der Waals surface area contributed by atoms with Crippen LogP contribution < -0.4 is 4.90 Å². The molecule has 10 aromatic rings. The van der Waals surface area contributed by atoms with Crippen LogP contribution in [-0.4, -0.2) is 4.57 Å². The Bertz CT molecular complexity index is 2920. The average molecular weight is 689 g/mol. The van der Waals surface area contributed by atoms with Crippen LogP contribution in [-0.2, 0) is 0 Å². The number of para-hydroxylation sites is 5. The maximum atomic E-state index is 2.44. The van der Waals surface area contributed by atoms with E-state index in [-0.39, 0.29) is 0 Å². The number of benzene rings is 9. The van der Waals surface area contributed by atoms with Crippen LogP contribution in [0.1, 0.15) is 0 Å². The molecule has 0 spiro atoms. The summed E-state index contributed by atoms with van der Waals surface area (Å²) in [5.74, 6) is 0. The molecule has 2 heteroatoms. The summed E-state index contributed by atoms with van der Waals surface area (Å²) in [4.78, 5) is 2.44. The van der Waals surface area contributed by atoms with Gasteiger partial charge in [-0.2, -0.15) is 0 Å². The summed E-state index contributed by atoms with van der Waals surface area (Å²) < 4.78 is 2.39. The van der Waals surface area contributed by atoms with Crippen molar-refractivity contribution in [2.24, 2.45) is 0 Å². The molecule has 0 atom stereocenters. The Morgan fingerprint density at radius 3 is 1.65 bits per heavy atom. The summed E-state index contributed by atoms with van der Waals surface area (Å²) in [6.45, 7) is 0. The smallest absolute Gasteiger partial charge is 0.0547 e. The van der Waals surface area contributed by atoms with Crippen LogP contribution in [0.2, 0.25) is 0 Å². The second kappa shape index (κ2) is 13.4. The van der Waals surface area contributed by atoms with Crippen LogP contribution in [0.15, 0.2) is 218 Å². The van der Waals surface area contributed by atoms with Gasteiger partial charge in [-0.15, -0.1) is 0 Å². The molecule has 0 radical (unpaired) electrons. The van der Waals surface area contributed by atoms with Gasteiger partial charge in [0.2, 0.25) is 0 Å². The third kappa shape index (κ3) is 5.36. The van der Waals surface area contributed by atoms with Crippen molar-refractivity contribution in [3.63, 3.8) is 0 Å². The summed E-state index contributed by atoms with van der Waals surface area (Å²) in [5, 5.41) is 4.96. The lowest BCUT2D eigenvalue weighted by Gasteiger charge is -2.30. The van der Waals surface area contributed by atoms with E-state index in [1.807, 2.05) is 0 Å². The summed E-state index contributed by atoms with van der Waals surface area (Å²) in [5.41, 5.74) is 14.0. The molecular formula is C52H36N2. The predicted molar refractivity (Wildman–Crippen MR) is 229 cm³/mol. The number of anilines is 3. The molecule has 0 aliphatic rings. The Balaban J connectivity index is 1.21. The van der Waals surface area contributed by atoms with Crippen molar-refractivity contribution < 1.29 is 0 Å². The van der Waals surface area contributed by atoms with Crippen molar-refractivity contribution in [2.45, 2.75) is 0 Å². The zero-order chi connectivity index (χ0) is 35.8. The molecule has 0 saturated carbocycles. The van der Waals surface area contributed by atoms with Gasteiger partial charge in [0, 0.05) is 33.3 Å². The monoisotopic (exact) mass is 688 g/mol. The van der Waals surface area contributed by atoms with Gasteiger partial charge in [0.1, 0.15) is 0 Å². The Kier molecular flexibility index (Phi) is 7.85. The highest BCUT2D eigenvalue weighted by Gasteiger charge is 2.22. The van der Waals surface area contributed by atoms with E-state index in [0.717, 1.165) is 33.9 Å². The SMILES string of the molecule is c1ccc(-c2cccc3cccc(-c4ccccc4N(c4ccccc4)c4ccccc4-c4ccc5c6ccccc6n(-c6ccccc6)c5c4)c23)cc1. The lowest BCUT2D eigenvalue weighted by Crippen LogP contribution is -2.12. The number of nitrogens with zero attached hydrogens (tertiary/aromatic N) is 2. The van der Waals surface area contributed by atoms with Gasteiger partial charge in [-0.1, -0.05) is 170 Å². The molecule has 0 fully saturated rings. The van der Waals surface area contributed by atoms with Crippen molar-refractivity contribution in [1.29, 1.82) is 0 Å². The summed E-state index contributed by atoms with van der Waals surface area (Å²) >= 11 is 0. The summed E-state index contributed by atoms with van der Waals surface area (Å²) in [6, 6.07) is 78.9. The number of rotatable bonds is 7. The maximum absolute atomic E-state index is 2.44. The molecule has 0 amide bonds. The van der Waals surface area contributed by atoms with Gasteiger partial charge >= 0.3 is 0 Å². The van der Waals surface area contributed by atoms with Gasteiger partial charge in [-0.05, 0) is 81.6 Å². The first-order valence-electron chi connectivity index (χ1n) is 18.5. The molecule has 54 heavy (non-hydrogen) atoms. The molecule has 1 aromatic heterocycles. The zero-order valence-corrected chi connectivity index (χ0v) is 29.7. The Morgan fingerprint density at radius 1 is 0.333 bits per heavy atom. The van der Waals surface area contributed by atoms with Crippen molar-refractivity contribution in [3.8, 4) is 39.1 Å². The Morgan fingerprint density at radius 2 is 0.889 bits per heavy atom. The molecule has 2 nitrogen and oxygen atoms in total. The molecular weight excluding hydrogens is 653 g/mol. The summed E-state index contributed by atoms with van der Waals surface area (Å²) in [6.07, 6.45) is 0. The largest absolute Gasteiger partial charge is 0.309 e. The third-order valence-corrected chi connectivity index (χ3v) is 10.6. The molecule has 1 heterocycles. The van der Waals surface area contributed by atoms with E-state index < -0.39 is 0 Å². The topological polar surface area (TPSA) is 8.17 Å². The van der Waals surface area contributed by atoms with E-state index in [2.05, 4.69) is 228 Å². The van der Waals surface area contributed by atoms with Crippen molar-refractivity contribution >= 4 is 49.6 Å². The first-order chi connectivity index (χ1) is 26.8. The minimum Gasteiger partial charge on any atom is -0.309 e. The van der Waals surface area contributed by atoms with Crippen molar-refractivity contribution in [2.75, 3.05) is 4.90 Å². The fraction of sp³-hybridized carbons (Fsp3) is 0. The van der Waals surface area contributed by atoms with Gasteiger partial charge in [0.15, 0.2) is 0 Å². The van der Waals surface area contributed by atoms with E-state index in [1.54, 1.807) is 0 Å². The van der Waals surface area contributed by atoms with Crippen LogP contribution in [0.5, 0.6) is 0 Å².